The van der Waals surface area contributed by atoms with E-state index in [1.165, 1.54) is 12.1 Å². The minimum absolute atomic E-state index is 0.181. The van der Waals surface area contributed by atoms with Crippen molar-refractivity contribution in [2.24, 2.45) is 5.84 Å². The van der Waals surface area contributed by atoms with Crippen LogP contribution in [0.15, 0.2) is 41.2 Å². The van der Waals surface area contributed by atoms with Crippen LogP contribution < -0.4 is 11.3 Å². The summed E-state index contributed by atoms with van der Waals surface area (Å²) in [4.78, 5) is 0. The van der Waals surface area contributed by atoms with Gasteiger partial charge in [-0.25, -0.2) is 9.82 Å². The van der Waals surface area contributed by atoms with Crippen LogP contribution >= 0.6 is 0 Å². The molecule has 0 fully saturated rings. The number of rotatable bonds is 3. The van der Waals surface area contributed by atoms with Gasteiger partial charge in [0, 0.05) is 5.56 Å². The lowest BCUT2D eigenvalue weighted by Gasteiger charge is -2.16. The number of benzene rings is 1. The first kappa shape index (κ1) is 10.9. The van der Waals surface area contributed by atoms with Crippen molar-refractivity contribution in [3.63, 3.8) is 0 Å². The number of nitrogens with two attached hydrogens (primary N) is 1. The molecule has 0 aliphatic heterocycles. The molecule has 1 aromatic carbocycles. The van der Waals surface area contributed by atoms with Crippen LogP contribution in [-0.4, -0.2) is 0 Å². The predicted octanol–water partition coefficient (Wildman–Crippen LogP) is 2.28. The van der Waals surface area contributed by atoms with Gasteiger partial charge in [-0.1, -0.05) is 6.07 Å². The summed E-state index contributed by atoms with van der Waals surface area (Å²) >= 11 is 0. The van der Waals surface area contributed by atoms with Crippen molar-refractivity contribution >= 4 is 0 Å². The molecule has 2 rings (SSSR count). The smallest absolute Gasteiger partial charge is 0.123 e. The van der Waals surface area contributed by atoms with Gasteiger partial charge in [-0.05, 0) is 36.2 Å². The van der Waals surface area contributed by atoms with E-state index in [0.717, 1.165) is 16.7 Å². The highest BCUT2D eigenvalue weighted by atomic mass is 19.1. The third-order valence-electron chi connectivity index (χ3n) is 2.59. The fraction of sp³-hybridized carbons (Fsp3) is 0.167. The van der Waals surface area contributed by atoms with E-state index in [0.29, 0.717) is 0 Å². The molecule has 16 heavy (non-hydrogen) atoms. The van der Waals surface area contributed by atoms with Gasteiger partial charge in [-0.15, -0.1) is 0 Å². The molecule has 0 spiro atoms. The van der Waals surface area contributed by atoms with Crippen molar-refractivity contribution in [2.75, 3.05) is 0 Å². The summed E-state index contributed by atoms with van der Waals surface area (Å²) in [6.07, 6.45) is 3.20. The largest absolute Gasteiger partial charge is 0.472 e. The summed E-state index contributed by atoms with van der Waals surface area (Å²) in [5, 5.41) is 0. The molecular weight excluding hydrogens is 207 g/mol. The Labute approximate surface area is 93.0 Å². The maximum Gasteiger partial charge on any atom is 0.123 e. The topological polar surface area (TPSA) is 51.2 Å². The van der Waals surface area contributed by atoms with Gasteiger partial charge < -0.3 is 4.42 Å². The number of hydrogen-bond acceptors (Lipinski definition) is 3. The lowest BCUT2D eigenvalue weighted by molar-refractivity contribution is 0.552. The highest BCUT2D eigenvalue weighted by molar-refractivity contribution is 5.35. The van der Waals surface area contributed by atoms with Gasteiger partial charge in [0.15, 0.2) is 0 Å². The molecule has 2 aromatic rings. The van der Waals surface area contributed by atoms with E-state index in [4.69, 9.17) is 10.3 Å². The van der Waals surface area contributed by atoms with E-state index >= 15 is 0 Å². The van der Waals surface area contributed by atoms with Crippen molar-refractivity contribution < 1.29 is 8.81 Å². The van der Waals surface area contributed by atoms with E-state index in [1.54, 1.807) is 18.6 Å². The molecular formula is C12H13FN2O. The van der Waals surface area contributed by atoms with Crippen molar-refractivity contribution in [2.45, 2.75) is 13.0 Å². The second-order valence-corrected chi connectivity index (χ2v) is 3.66. The number of aryl methyl sites for hydroxylation is 1. The summed E-state index contributed by atoms with van der Waals surface area (Å²) in [6.45, 7) is 1.85. The molecule has 0 saturated carbocycles. The van der Waals surface area contributed by atoms with Crippen molar-refractivity contribution in [1.82, 2.24) is 5.43 Å². The zero-order valence-corrected chi connectivity index (χ0v) is 8.91. The van der Waals surface area contributed by atoms with Crippen LogP contribution in [0, 0.1) is 12.7 Å². The highest BCUT2D eigenvalue weighted by Crippen LogP contribution is 2.24. The molecule has 1 unspecified atom stereocenters. The first-order valence-electron chi connectivity index (χ1n) is 4.96. The van der Waals surface area contributed by atoms with E-state index < -0.39 is 0 Å². The molecule has 0 amide bonds. The molecule has 0 aliphatic rings. The molecule has 1 heterocycles. The summed E-state index contributed by atoms with van der Waals surface area (Å²) < 4.78 is 18.0. The molecule has 4 heteroatoms. The second kappa shape index (κ2) is 4.47. The quantitative estimate of drug-likeness (QED) is 0.616. The van der Waals surface area contributed by atoms with E-state index in [2.05, 4.69) is 5.43 Å². The van der Waals surface area contributed by atoms with Gasteiger partial charge in [0.05, 0.1) is 18.6 Å². The number of furan rings is 1. The molecule has 0 radical (unpaired) electrons. The lowest BCUT2D eigenvalue weighted by atomic mass is 9.97. The van der Waals surface area contributed by atoms with Crippen molar-refractivity contribution in [3.05, 3.63) is 59.3 Å². The molecule has 0 aliphatic carbocycles. The van der Waals surface area contributed by atoms with Gasteiger partial charge in [-0.3, -0.25) is 5.84 Å². The van der Waals surface area contributed by atoms with Crippen LogP contribution in [0.1, 0.15) is 22.7 Å². The van der Waals surface area contributed by atoms with Crippen molar-refractivity contribution in [3.8, 4) is 0 Å². The van der Waals surface area contributed by atoms with Gasteiger partial charge in [-0.2, -0.15) is 0 Å². The SMILES string of the molecule is Cc1cc(F)ccc1C(NN)c1ccoc1. The third kappa shape index (κ3) is 1.98. The van der Waals surface area contributed by atoms with E-state index in [9.17, 15) is 4.39 Å². The standard InChI is InChI=1S/C12H13FN2O/c1-8-6-10(13)2-3-11(8)12(15-14)9-4-5-16-7-9/h2-7,12,15H,14H2,1H3. The minimum Gasteiger partial charge on any atom is -0.472 e. The number of hydrogen-bond donors (Lipinski definition) is 2. The second-order valence-electron chi connectivity index (χ2n) is 3.66. The number of halogens is 1. The highest BCUT2D eigenvalue weighted by Gasteiger charge is 2.15. The monoisotopic (exact) mass is 220 g/mol. The molecule has 1 atom stereocenters. The predicted molar refractivity (Wildman–Crippen MR) is 59.0 cm³/mol. The zero-order chi connectivity index (χ0) is 11.5. The Balaban J connectivity index is 2.41. The molecule has 0 bridgehead atoms. The number of hydrazine groups is 1. The Hall–Kier alpha value is -1.65. The fourth-order valence-electron chi connectivity index (χ4n) is 1.77. The van der Waals surface area contributed by atoms with Gasteiger partial charge >= 0.3 is 0 Å². The van der Waals surface area contributed by atoms with Gasteiger partial charge in [0.2, 0.25) is 0 Å². The van der Waals surface area contributed by atoms with Crippen LogP contribution in [-0.2, 0) is 0 Å². The summed E-state index contributed by atoms with van der Waals surface area (Å²) in [7, 11) is 0. The Morgan fingerprint density at radius 3 is 2.75 bits per heavy atom. The van der Waals surface area contributed by atoms with Crippen LogP contribution in [0.2, 0.25) is 0 Å². The molecule has 84 valence electrons. The van der Waals surface area contributed by atoms with Crippen LogP contribution in [0.4, 0.5) is 4.39 Å². The van der Waals surface area contributed by atoms with Crippen molar-refractivity contribution in [1.29, 1.82) is 0 Å². The van der Waals surface area contributed by atoms with E-state index in [-0.39, 0.29) is 11.9 Å². The average molecular weight is 220 g/mol. The Morgan fingerprint density at radius 1 is 1.38 bits per heavy atom. The van der Waals surface area contributed by atoms with Crippen LogP contribution in [0.3, 0.4) is 0 Å². The lowest BCUT2D eigenvalue weighted by Crippen LogP contribution is -2.29. The minimum atomic E-state index is -0.246. The Kier molecular flexibility index (Phi) is 3.03. The maximum atomic E-state index is 13.0. The first-order valence-corrected chi connectivity index (χ1v) is 4.96. The molecule has 1 aromatic heterocycles. The first-order chi connectivity index (χ1) is 7.72. The molecule has 0 saturated heterocycles. The Bertz CT molecular complexity index is 468. The molecule has 3 N–H and O–H groups in total. The van der Waals surface area contributed by atoms with Crippen LogP contribution in [0.5, 0.6) is 0 Å². The summed E-state index contributed by atoms with van der Waals surface area (Å²) in [6, 6.07) is 6.28. The van der Waals surface area contributed by atoms with Gasteiger partial charge in [0.1, 0.15) is 5.82 Å². The number of nitrogens with one attached hydrogen (secondary N) is 1. The average Bonchev–Trinajstić information content (AvgIpc) is 2.75. The van der Waals surface area contributed by atoms with Crippen LogP contribution in [0.25, 0.3) is 0 Å². The summed E-state index contributed by atoms with van der Waals surface area (Å²) in [5.41, 5.74) is 5.40. The summed E-state index contributed by atoms with van der Waals surface area (Å²) in [5.74, 6) is 5.27. The van der Waals surface area contributed by atoms with E-state index in [1.807, 2.05) is 13.0 Å². The third-order valence-corrected chi connectivity index (χ3v) is 2.59. The Morgan fingerprint density at radius 2 is 2.19 bits per heavy atom. The fourth-order valence-corrected chi connectivity index (χ4v) is 1.77. The zero-order valence-electron chi connectivity index (χ0n) is 8.91. The maximum absolute atomic E-state index is 13.0. The van der Waals surface area contributed by atoms with Gasteiger partial charge in [0.25, 0.3) is 0 Å². The molecule has 3 nitrogen and oxygen atoms in total. The normalized spacial score (nSPS) is 12.7.